The van der Waals surface area contributed by atoms with E-state index in [4.69, 9.17) is 0 Å². The van der Waals surface area contributed by atoms with E-state index in [2.05, 4.69) is 20.6 Å². The van der Waals surface area contributed by atoms with E-state index in [1.54, 1.807) is 0 Å². The predicted molar refractivity (Wildman–Crippen MR) is 110 cm³/mol. The Hall–Kier alpha value is -1.61. The Labute approximate surface area is 186 Å². The third-order valence-corrected chi connectivity index (χ3v) is 4.26. The Morgan fingerprint density at radius 3 is 1.14 bits per heavy atom. The number of aliphatic imine (C=N–C) groups is 2. The van der Waals surface area contributed by atoms with Crippen LogP contribution < -0.4 is 20.8 Å². The van der Waals surface area contributed by atoms with E-state index in [1.165, 1.54) is 0 Å². The Balaban J connectivity index is -0.000000451. The molecule has 2 N–H and O–H groups in total. The molecule has 4 unspecified atom stereocenters. The van der Waals surface area contributed by atoms with Gasteiger partial charge in [0.25, 0.3) is 0 Å². The minimum Gasteiger partial charge on any atom is -0.542 e. The van der Waals surface area contributed by atoms with Gasteiger partial charge in [0.15, 0.2) is 0 Å². The molecule has 0 aromatic rings. The van der Waals surface area contributed by atoms with Crippen molar-refractivity contribution in [2.45, 2.75) is 105 Å². The topological polar surface area (TPSA) is 129 Å². The molecule has 0 bridgehead atoms. The molecule has 0 spiro atoms. The standard InChI is InChI=1S/2C10H20N2O2.Co/c2*1-5-7(3)11-9(10(13)14)12-8(4)6-2;/h2*7-8H,5-6H2,1-4H3,(H,11,12)(H,13,14);/q;;+2/p-2. The second kappa shape index (κ2) is 18.4. The van der Waals surface area contributed by atoms with Crippen LogP contribution in [0.3, 0.4) is 0 Å². The van der Waals surface area contributed by atoms with Crippen molar-refractivity contribution in [1.82, 2.24) is 10.6 Å². The molecule has 1 radical (unpaired) electrons. The summed E-state index contributed by atoms with van der Waals surface area (Å²) in [5.41, 5.74) is 0. The SMILES string of the molecule is CCC(C)N=C(NC(C)CC)C(=O)[O-].CCC(C)N=C(NC(C)CC)C(=O)[O-].[Co+2]. The quantitative estimate of drug-likeness (QED) is 0.407. The molecule has 0 amide bonds. The average molecular weight is 457 g/mol. The number of aliphatic carboxylic acids is 2. The number of carboxylic acids is 2. The summed E-state index contributed by atoms with van der Waals surface area (Å²) in [6.45, 7) is 15.5. The number of rotatable bonds is 8. The van der Waals surface area contributed by atoms with E-state index in [0.717, 1.165) is 25.7 Å². The molecule has 8 nitrogen and oxygen atoms in total. The molecule has 0 heterocycles. The van der Waals surface area contributed by atoms with Gasteiger partial charge in [-0.15, -0.1) is 0 Å². The van der Waals surface area contributed by atoms with Gasteiger partial charge < -0.3 is 30.4 Å². The number of nitrogens with zero attached hydrogens (tertiary/aromatic N) is 2. The van der Waals surface area contributed by atoms with Gasteiger partial charge in [-0.25, -0.2) is 0 Å². The molecule has 0 aliphatic heterocycles. The number of carbonyl (C=O) groups is 2. The van der Waals surface area contributed by atoms with Crippen molar-refractivity contribution in [3.63, 3.8) is 0 Å². The molecular weight excluding hydrogens is 419 g/mol. The number of carbonyl (C=O) groups excluding carboxylic acids is 2. The van der Waals surface area contributed by atoms with Crippen molar-refractivity contribution in [2.75, 3.05) is 0 Å². The smallest absolute Gasteiger partial charge is 0.542 e. The fourth-order valence-corrected chi connectivity index (χ4v) is 1.59. The van der Waals surface area contributed by atoms with Crippen LogP contribution in [0.5, 0.6) is 0 Å². The maximum absolute atomic E-state index is 10.7. The number of hydrogen-bond donors (Lipinski definition) is 2. The fourth-order valence-electron chi connectivity index (χ4n) is 1.59. The summed E-state index contributed by atoms with van der Waals surface area (Å²) in [6, 6.07) is 0.241. The average Bonchev–Trinajstić information content (AvgIpc) is 2.66. The van der Waals surface area contributed by atoms with Crippen LogP contribution in [0.1, 0.15) is 81.1 Å². The molecule has 9 heteroatoms. The molecule has 0 aliphatic carbocycles. The Morgan fingerprint density at radius 2 is 0.966 bits per heavy atom. The minimum atomic E-state index is -1.23. The van der Waals surface area contributed by atoms with Crippen molar-refractivity contribution in [2.24, 2.45) is 9.98 Å². The first-order valence-electron chi connectivity index (χ1n) is 10.1. The van der Waals surface area contributed by atoms with E-state index in [1.807, 2.05) is 55.4 Å². The van der Waals surface area contributed by atoms with Gasteiger partial charge in [-0.3, -0.25) is 9.98 Å². The van der Waals surface area contributed by atoms with Gasteiger partial charge in [0.05, 0.1) is 0 Å². The number of amidine groups is 2. The van der Waals surface area contributed by atoms with Crippen molar-refractivity contribution >= 4 is 23.6 Å². The van der Waals surface area contributed by atoms with Crippen molar-refractivity contribution in [1.29, 1.82) is 0 Å². The molecule has 4 atom stereocenters. The monoisotopic (exact) mass is 457 g/mol. The van der Waals surface area contributed by atoms with E-state index in [-0.39, 0.29) is 52.6 Å². The van der Waals surface area contributed by atoms with Gasteiger partial charge in [-0.1, -0.05) is 27.7 Å². The number of hydrogen-bond acceptors (Lipinski definition) is 6. The summed E-state index contributed by atoms with van der Waals surface area (Å²) in [6.07, 6.45) is 3.34. The first-order valence-corrected chi connectivity index (χ1v) is 10.1. The first-order chi connectivity index (χ1) is 13.0. The van der Waals surface area contributed by atoms with Gasteiger partial charge in [0.1, 0.15) is 23.6 Å². The molecule has 0 saturated carbocycles. The molecule has 0 aromatic heterocycles. The van der Waals surface area contributed by atoms with Crippen LogP contribution in [0.15, 0.2) is 9.98 Å². The Bertz CT molecular complexity index is 481. The second-order valence-electron chi connectivity index (χ2n) is 6.95. The summed E-state index contributed by atoms with van der Waals surface area (Å²) in [5.74, 6) is -2.53. The summed E-state index contributed by atoms with van der Waals surface area (Å²) < 4.78 is 0. The van der Waals surface area contributed by atoms with Crippen LogP contribution in [0, 0.1) is 0 Å². The third-order valence-electron chi connectivity index (χ3n) is 4.26. The predicted octanol–water partition coefficient (Wildman–Crippen LogP) is 0.640. The van der Waals surface area contributed by atoms with Crippen LogP contribution in [-0.2, 0) is 26.4 Å². The Kier molecular flexibility index (Phi) is 20.4. The van der Waals surface area contributed by atoms with Gasteiger partial charge >= 0.3 is 16.8 Å². The molecule has 0 fully saturated rings. The largest absolute Gasteiger partial charge is 2.00 e. The molecule has 0 rings (SSSR count). The van der Waals surface area contributed by atoms with E-state index in [9.17, 15) is 19.8 Å². The maximum Gasteiger partial charge on any atom is 2.00 e. The van der Waals surface area contributed by atoms with E-state index < -0.39 is 11.9 Å². The molecule has 0 aliphatic rings. The molecule has 0 saturated heterocycles. The summed E-state index contributed by atoms with van der Waals surface area (Å²) in [5, 5.41) is 27.0. The summed E-state index contributed by atoms with van der Waals surface area (Å²) in [7, 11) is 0. The minimum absolute atomic E-state index is 0. The van der Waals surface area contributed by atoms with Crippen LogP contribution in [0.2, 0.25) is 0 Å². The third kappa shape index (κ3) is 17.0. The normalized spacial score (nSPS) is 15.6. The summed E-state index contributed by atoms with van der Waals surface area (Å²) >= 11 is 0. The summed E-state index contributed by atoms with van der Waals surface area (Å²) in [4.78, 5) is 29.4. The van der Waals surface area contributed by atoms with Crippen LogP contribution in [0.4, 0.5) is 0 Å². The van der Waals surface area contributed by atoms with Gasteiger partial charge in [0, 0.05) is 24.2 Å². The van der Waals surface area contributed by atoms with Crippen molar-refractivity contribution < 1.29 is 36.6 Å². The van der Waals surface area contributed by atoms with E-state index in [0.29, 0.717) is 0 Å². The molecule has 171 valence electrons. The van der Waals surface area contributed by atoms with Crippen LogP contribution in [0.25, 0.3) is 0 Å². The fraction of sp³-hybridized carbons (Fsp3) is 0.800. The zero-order valence-electron chi connectivity index (χ0n) is 19.0. The maximum atomic E-state index is 10.7. The number of carboxylic acid groups (broad SMARTS) is 2. The van der Waals surface area contributed by atoms with Gasteiger partial charge in [0.2, 0.25) is 0 Å². The molecule has 29 heavy (non-hydrogen) atoms. The van der Waals surface area contributed by atoms with Gasteiger partial charge in [-0.2, -0.15) is 0 Å². The van der Waals surface area contributed by atoms with E-state index >= 15 is 0 Å². The van der Waals surface area contributed by atoms with Crippen LogP contribution >= 0.6 is 0 Å². The number of nitrogens with one attached hydrogen (secondary N) is 2. The van der Waals surface area contributed by atoms with Crippen molar-refractivity contribution in [3.8, 4) is 0 Å². The molecule has 0 aromatic carbocycles. The van der Waals surface area contributed by atoms with Crippen molar-refractivity contribution in [3.05, 3.63) is 0 Å². The zero-order chi connectivity index (χ0) is 22.3. The Morgan fingerprint density at radius 1 is 0.690 bits per heavy atom. The van der Waals surface area contributed by atoms with Crippen LogP contribution in [-0.4, -0.2) is 47.8 Å². The zero-order valence-corrected chi connectivity index (χ0v) is 20.0. The second-order valence-corrected chi connectivity index (χ2v) is 6.95. The molecular formula is C20H38CoN4O4. The van der Waals surface area contributed by atoms with Gasteiger partial charge in [-0.05, 0) is 53.4 Å². The first kappa shape index (κ1) is 32.1.